The highest BCUT2D eigenvalue weighted by molar-refractivity contribution is 7.99. The molecule has 2 fully saturated rings. The van der Waals surface area contributed by atoms with Gasteiger partial charge in [0.25, 0.3) is 0 Å². The van der Waals surface area contributed by atoms with Crippen LogP contribution in [0.3, 0.4) is 0 Å². The lowest BCUT2D eigenvalue weighted by molar-refractivity contribution is -0.122. The maximum absolute atomic E-state index is 13.4. The minimum Gasteiger partial charge on any atom is -0.374 e. The second-order valence-electron chi connectivity index (χ2n) is 8.00. The van der Waals surface area contributed by atoms with E-state index in [0.717, 1.165) is 24.0 Å². The normalized spacial score (nSPS) is 26.8. The van der Waals surface area contributed by atoms with Crippen LogP contribution in [0.1, 0.15) is 44.9 Å². The van der Waals surface area contributed by atoms with Crippen molar-refractivity contribution in [3.05, 3.63) is 23.8 Å². The average molecular weight is 415 g/mol. The molecular formula is C21H32F2N2O2S. The van der Waals surface area contributed by atoms with E-state index in [9.17, 15) is 13.6 Å². The first-order valence-corrected chi connectivity index (χ1v) is 11.6. The van der Waals surface area contributed by atoms with Gasteiger partial charge in [-0.1, -0.05) is 12.8 Å². The smallest absolute Gasteiger partial charge is 0.220 e. The lowest BCUT2D eigenvalue weighted by Crippen LogP contribution is -2.48. The SMILES string of the molecule is O=C(CCCSC1CCCC1)NC[C@H]1CN(CC2C=C(F)C(F)=CC2)CCO1. The molecule has 0 spiro atoms. The van der Waals surface area contributed by atoms with Gasteiger partial charge in [-0.05, 0) is 49.5 Å². The van der Waals surface area contributed by atoms with E-state index in [1.54, 1.807) is 0 Å². The minimum atomic E-state index is -0.751. The summed E-state index contributed by atoms with van der Waals surface area (Å²) in [5.74, 6) is -0.359. The Bertz CT molecular complexity index is 579. The van der Waals surface area contributed by atoms with Gasteiger partial charge >= 0.3 is 0 Å². The molecule has 1 unspecified atom stereocenters. The number of allylic oxidation sites excluding steroid dienone is 3. The van der Waals surface area contributed by atoms with Crippen LogP contribution >= 0.6 is 11.8 Å². The second kappa shape index (κ2) is 11.3. The molecule has 0 aromatic carbocycles. The molecule has 1 N–H and O–H groups in total. The summed E-state index contributed by atoms with van der Waals surface area (Å²) < 4.78 is 32.3. The highest BCUT2D eigenvalue weighted by Crippen LogP contribution is 2.30. The van der Waals surface area contributed by atoms with E-state index in [2.05, 4.69) is 10.2 Å². The van der Waals surface area contributed by atoms with Gasteiger partial charge in [-0.25, -0.2) is 8.78 Å². The molecule has 1 aliphatic heterocycles. The van der Waals surface area contributed by atoms with Crippen molar-refractivity contribution in [2.75, 3.05) is 38.5 Å². The molecule has 4 nitrogen and oxygen atoms in total. The van der Waals surface area contributed by atoms with Crippen LogP contribution in [0.25, 0.3) is 0 Å². The van der Waals surface area contributed by atoms with E-state index < -0.39 is 11.7 Å². The van der Waals surface area contributed by atoms with Gasteiger partial charge in [0, 0.05) is 37.8 Å². The van der Waals surface area contributed by atoms with Crippen LogP contribution in [0.5, 0.6) is 0 Å². The predicted molar refractivity (Wildman–Crippen MR) is 110 cm³/mol. The van der Waals surface area contributed by atoms with Crippen molar-refractivity contribution in [2.45, 2.75) is 56.3 Å². The zero-order valence-electron chi connectivity index (χ0n) is 16.5. The van der Waals surface area contributed by atoms with Gasteiger partial charge in [0.1, 0.15) is 0 Å². The first-order chi connectivity index (χ1) is 13.6. The quantitative estimate of drug-likeness (QED) is 0.580. The van der Waals surface area contributed by atoms with E-state index >= 15 is 0 Å². The van der Waals surface area contributed by atoms with Crippen LogP contribution in [0, 0.1) is 5.92 Å². The maximum atomic E-state index is 13.4. The van der Waals surface area contributed by atoms with Crippen LogP contribution in [-0.2, 0) is 9.53 Å². The third-order valence-corrected chi connectivity index (χ3v) is 7.12. The van der Waals surface area contributed by atoms with Gasteiger partial charge in [-0.15, -0.1) is 0 Å². The van der Waals surface area contributed by atoms with Gasteiger partial charge in [-0.2, -0.15) is 11.8 Å². The zero-order chi connectivity index (χ0) is 19.8. The van der Waals surface area contributed by atoms with Crippen LogP contribution in [0.15, 0.2) is 23.8 Å². The molecule has 158 valence electrons. The minimum absolute atomic E-state index is 0.00907. The highest BCUT2D eigenvalue weighted by atomic mass is 32.2. The Morgan fingerprint density at radius 3 is 2.89 bits per heavy atom. The summed E-state index contributed by atoms with van der Waals surface area (Å²) in [5, 5.41) is 3.80. The zero-order valence-corrected chi connectivity index (χ0v) is 17.3. The van der Waals surface area contributed by atoms with Gasteiger partial charge in [-0.3, -0.25) is 9.69 Å². The molecule has 3 aliphatic rings. The Kier molecular flexibility index (Phi) is 8.80. The van der Waals surface area contributed by atoms with E-state index in [1.165, 1.54) is 37.8 Å². The van der Waals surface area contributed by atoms with Crippen molar-refractivity contribution in [1.29, 1.82) is 0 Å². The lowest BCUT2D eigenvalue weighted by atomic mass is 9.99. The fraction of sp³-hybridized carbons (Fsp3) is 0.762. The molecule has 1 heterocycles. The number of halogens is 2. The van der Waals surface area contributed by atoms with Crippen molar-refractivity contribution in [2.24, 2.45) is 5.92 Å². The molecule has 1 amide bonds. The number of carbonyl (C=O) groups is 1. The number of hydrogen-bond donors (Lipinski definition) is 1. The van der Waals surface area contributed by atoms with Crippen LogP contribution in [0.2, 0.25) is 0 Å². The Morgan fingerprint density at radius 1 is 1.29 bits per heavy atom. The first kappa shape index (κ1) is 21.8. The summed E-state index contributed by atoms with van der Waals surface area (Å²) in [6, 6.07) is 0. The summed E-state index contributed by atoms with van der Waals surface area (Å²) in [4.78, 5) is 14.3. The molecule has 28 heavy (non-hydrogen) atoms. The van der Waals surface area contributed by atoms with Crippen molar-refractivity contribution in [1.82, 2.24) is 10.2 Å². The molecule has 1 saturated carbocycles. The molecule has 0 bridgehead atoms. The molecule has 7 heteroatoms. The fourth-order valence-electron chi connectivity index (χ4n) is 4.09. The largest absolute Gasteiger partial charge is 0.374 e. The van der Waals surface area contributed by atoms with Crippen LogP contribution in [0.4, 0.5) is 8.78 Å². The summed E-state index contributed by atoms with van der Waals surface area (Å²) in [6.45, 7) is 3.27. The van der Waals surface area contributed by atoms with Crippen molar-refractivity contribution < 1.29 is 18.3 Å². The Labute approximate surface area is 171 Å². The lowest BCUT2D eigenvalue weighted by Gasteiger charge is -2.34. The Balaban J connectivity index is 1.28. The number of amides is 1. The van der Waals surface area contributed by atoms with Gasteiger partial charge in [0.15, 0.2) is 11.7 Å². The summed E-state index contributed by atoms with van der Waals surface area (Å²) in [6.07, 6.45) is 10.1. The molecule has 2 atom stereocenters. The maximum Gasteiger partial charge on any atom is 0.220 e. The van der Waals surface area contributed by atoms with E-state index in [4.69, 9.17) is 4.74 Å². The molecule has 0 radical (unpaired) electrons. The monoisotopic (exact) mass is 414 g/mol. The molecule has 3 rings (SSSR count). The van der Waals surface area contributed by atoms with Crippen molar-refractivity contribution >= 4 is 17.7 Å². The molecular weight excluding hydrogens is 382 g/mol. The molecule has 0 aromatic rings. The molecule has 0 aromatic heterocycles. The van der Waals surface area contributed by atoms with Crippen molar-refractivity contribution in [3.63, 3.8) is 0 Å². The Morgan fingerprint density at radius 2 is 2.11 bits per heavy atom. The number of nitrogens with one attached hydrogen (secondary N) is 1. The average Bonchev–Trinajstić information content (AvgIpc) is 3.20. The number of hydrogen-bond acceptors (Lipinski definition) is 4. The molecule has 1 saturated heterocycles. The Hall–Kier alpha value is -0.920. The van der Waals surface area contributed by atoms with Crippen molar-refractivity contribution in [3.8, 4) is 0 Å². The topological polar surface area (TPSA) is 41.6 Å². The fourth-order valence-corrected chi connectivity index (χ4v) is 5.40. The van der Waals surface area contributed by atoms with E-state index in [0.29, 0.717) is 39.1 Å². The standard InChI is InChI=1S/C21H32F2N2O2S/c22-19-8-7-16(12-20(19)23)14-25-9-10-27-17(15-25)13-24-21(26)6-3-11-28-18-4-1-2-5-18/h8,12,16-18H,1-7,9-11,13-15H2,(H,24,26)/t16?,17-/m0/s1. The number of rotatable bonds is 9. The van der Waals surface area contributed by atoms with Gasteiger partial charge < -0.3 is 10.1 Å². The first-order valence-electron chi connectivity index (χ1n) is 10.6. The second-order valence-corrected chi connectivity index (χ2v) is 9.41. The number of nitrogens with zero attached hydrogens (tertiary/aromatic N) is 1. The predicted octanol–water partition coefficient (Wildman–Crippen LogP) is 3.99. The third kappa shape index (κ3) is 7.16. The van der Waals surface area contributed by atoms with Gasteiger partial charge in [0.05, 0.1) is 12.7 Å². The third-order valence-electron chi connectivity index (χ3n) is 5.66. The number of thioether (sulfide) groups is 1. The molecule has 2 aliphatic carbocycles. The summed E-state index contributed by atoms with van der Waals surface area (Å²) in [7, 11) is 0. The van der Waals surface area contributed by atoms with Crippen LogP contribution < -0.4 is 5.32 Å². The van der Waals surface area contributed by atoms with Crippen LogP contribution in [-0.4, -0.2) is 60.7 Å². The number of ether oxygens (including phenoxy) is 1. The van der Waals surface area contributed by atoms with E-state index in [1.807, 2.05) is 11.8 Å². The summed E-state index contributed by atoms with van der Waals surface area (Å²) >= 11 is 2.02. The number of morpholine rings is 1. The summed E-state index contributed by atoms with van der Waals surface area (Å²) in [5.41, 5.74) is 0. The number of carbonyl (C=O) groups excluding carboxylic acids is 1. The highest BCUT2D eigenvalue weighted by Gasteiger charge is 2.24. The van der Waals surface area contributed by atoms with E-state index in [-0.39, 0.29) is 17.9 Å². The van der Waals surface area contributed by atoms with Gasteiger partial charge in [0.2, 0.25) is 5.91 Å².